The number of amides is 1. The van der Waals surface area contributed by atoms with Gasteiger partial charge in [-0.2, -0.15) is 5.26 Å². The van der Waals surface area contributed by atoms with Gasteiger partial charge in [-0.1, -0.05) is 11.6 Å². The van der Waals surface area contributed by atoms with E-state index in [0.29, 0.717) is 26.7 Å². The van der Waals surface area contributed by atoms with E-state index in [9.17, 15) is 14.9 Å². The van der Waals surface area contributed by atoms with Gasteiger partial charge in [0.2, 0.25) is 5.91 Å². The Hall–Kier alpha value is -2.56. The van der Waals surface area contributed by atoms with Crippen molar-refractivity contribution in [2.75, 3.05) is 5.32 Å². The lowest BCUT2D eigenvalue weighted by Gasteiger charge is -2.04. The van der Waals surface area contributed by atoms with Crippen LogP contribution >= 0.6 is 22.9 Å². The predicted molar refractivity (Wildman–Crippen MR) is 97.2 cm³/mol. The molecule has 0 saturated heterocycles. The summed E-state index contributed by atoms with van der Waals surface area (Å²) < 4.78 is 6.53. The molecule has 1 amide bonds. The molecule has 2 aromatic heterocycles. The number of carbonyl (C=O) groups excluding carboxylic acids is 1. The maximum absolute atomic E-state index is 12.2. The zero-order valence-electron chi connectivity index (χ0n) is 13.6. The van der Waals surface area contributed by atoms with Crippen LogP contribution in [-0.2, 0) is 11.3 Å². The number of nitrogens with one attached hydrogen (secondary N) is 1. The predicted octanol–water partition coefficient (Wildman–Crippen LogP) is 3.83. The van der Waals surface area contributed by atoms with Crippen LogP contribution in [0, 0.1) is 25.2 Å². The van der Waals surface area contributed by atoms with Crippen LogP contribution in [0.4, 0.5) is 5.00 Å². The number of hydrogen-bond donors (Lipinski definition) is 1. The third kappa shape index (κ3) is 3.31. The van der Waals surface area contributed by atoms with Gasteiger partial charge in [0.15, 0.2) is 5.58 Å². The number of thiophene rings is 1. The van der Waals surface area contributed by atoms with Crippen molar-refractivity contribution in [2.45, 2.75) is 26.8 Å². The minimum Gasteiger partial charge on any atom is -0.408 e. The molecule has 3 aromatic rings. The normalized spacial score (nSPS) is 10.8. The third-order valence-corrected chi connectivity index (χ3v) is 5.30. The number of fused-ring (bicyclic) bond motifs is 1. The maximum Gasteiger partial charge on any atom is 0.419 e. The highest BCUT2D eigenvalue weighted by atomic mass is 35.5. The number of nitrogens with zero attached hydrogens (tertiary/aromatic N) is 2. The first-order chi connectivity index (χ1) is 11.9. The van der Waals surface area contributed by atoms with Crippen molar-refractivity contribution >= 4 is 44.9 Å². The highest BCUT2D eigenvalue weighted by Crippen LogP contribution is 2.31. The van der Waals surface area contributed by atoms with E-state index in [4.69, 9.17) is 16.0 Å². The maximum atomic E-state index is 12.2. The van der Waals surface area contributed by atoms with Gasteiger partial charge in [-0.05, 0) is 31.5 Å². The lowest BCUT2D eigenvalue weighted by atomic mass is 10.2. The summed E-state index contributed by atoms with van der Waals surface area (Å²) in [7, 11) is 0. The molecule has 0 spiro atoms. The van der Waals surface area contributed by atoms with Crippen molar-refractivity contribution in [3.8, 4) is 6.07 Å². The lowest BCUT2D eigenvalue weighted by Crippen LogP contribution is -2.19. The van der Waals surface area contributed by atoms with Crippen LogP contribution in [0.1, 0.15) is 22.4 Å². The standard InChI is InChI=1S/C17H14ClN3O3S/c1-9-10(2)25-16(12(9)8-19)20-15(22)5-6-21-13-4-3-11(18)7-14(13)24-17(21)23/h3-4,7H,5-6H2,1-2H3,(H,20,22). The number of benzene rings is 1. The zero-order valence-corrected chi connectivity index (χ0v) is 15.1. The van der Waals surface area contributed by atoms with E-state index in [1.165, 1.54) is 15.9 Å². The Morgan fingerprint density at radius 2 is 2.20 bits per heavy atom. The minimum absolute atomic E-state index is 0.0814. The molecule has 0 aliphatic heterocycles. The van der Waals surface area contributed by atoms with E-state index in [1.807, 2.05) is 13.8 Å². The molecule has 0 aliphatic carbocycles. The van der Waals surface area contributed by atoms with E-state index < -0.39 is 5.76 Å². The minimum atomic E-state index is -0.536. The van der Waals surface area contributed by atoms with E-state index in [-0.39, 0.29) is 18.9 Å². The molecular weight excluding hydrogens is 362 g/mol. The second kappa shape index (κ2) is 6.75. The molecule has 128 valence electrons. The molecule has 0 fully saturated rings. The molecule has 25 heavy (non-hydrogen) atoms. The number of carbonyl (C=O) groups is 1. The van der Waals surface area contributed by atoms with Crippen molar-refractivity contribution < 1.29 is 9.21 Å². The van der Waals surface area contributed by atoms with E-state index in [0.717, 1.165) is 10.4 Å². The summed E-state index contributed by atoms with van der Waals surface area (Å²) in [6.45, 7) is 3.92. The lowest BCUT2D eigenvalue weighted by molar-refractivity contribution is -0.116. The smallest absolute Gasteiger partial charge is 0.408 e. The topological polar surface area (TPSA) is 88.0 Å². The highest BCUT2D eigenvalue weighted by Gasteiger charge is 2.16. The summed E-state index contributed by atoms with van der Waals surface area (Å²) in [5.74, 6) is -0.807. The number of rotatable bonds is 4. The van der Waals surface area contributed by atoms with Crippen molar-refractivity contribution in [1.29, 1.82) is 5.26 Å². The quantitative estimate of drug-likeness (QED) is 0.750. The Morgan fingerprint density at radius 1 is 1.44 bits per heavy atom. The first-order valence-electron chi connectivity index (χ1n) is 7.49. The van der Waals surface area contributed by atoms with Gasteiger partial charge in [-0.25, -0.2) is 4.79 Å². The van der Waals surface area contributed by atoms with Crippen molar-refractivity contribution in [2.24, 2.45) is 0 Å². The SMILES string of the molecule is Cc1sc(NC(=O)CCn2c(=O)oc3cc(Cl)ccc32)c(C#N)c1C. The van der Waals surface area contributed by atoms with Gasteiger partial charge in [0, 0.05) is 28.9 Å². The van der Waals surface area contributed by atoms with Crippen molar-refractivity contribution in [3.05, 3.63) is 49.8 Å². The molecule has 3 rings (SSSR count). The largest absolute Gasteiger partial charge is 0.419 e. The molecule has 0 unspecified atom stereocenters. The van der Waals surface area contributed by atoms with Gasteiger partial charge < -0.3 is 9.73 Å². The molecule has 1 N–H and O–H groups in total. The summed E-state index contributed by atoms with van der Waals surface area (Å²) in [5, 5.41) is 13.0. The molecule has 0 aliphatic rings. The van der Waals surface area contributed by atoms with Crippen LogP contribution < -0.4 is 11.1 Å². The first-order valence-corrected chi connectivity index (χ1v) is 8.69. The second-order valence-corrected chi connectivity index (χ2v) is 7.19. The number of anilines is 1. The first kappa shape index (κ1) is 17.3. The average molecular weight is 376 g/mol. The highest BCUT2D eigenvalue weighted by molar-refractivity contribution is 7.16. The Labute approximate surface area is 152 Å². The van der Waals surface area contributed by atoms with Gasteiger partial charge in [0.05, 0.1) is 11.1 Å². The van der Waals surface area contributed by atoms with Gasteiger partial charge in [-0.3, -0.25) is 9.36 Å². The van der Waals surface area contributed by atoms with Crippen molar-refractivity contribution in [3.63, 3.8) is 0 Å². The summed E-state index contributed by atoms with van der Waals surface area (Å²) in [4.78, 5) is 25.2. The number of halogens is 1. The number of aryl methyl sites for hydroxylation is 2. The fourth-order valence-corrected chi connectivity index (χ4v) is 3.69. The van der Waals surface area contributed by atoms with Crippen LogP contribution in [0.3, 0.4) is 0 Å². The van der Waals surface area contributed by atoms with Gasteiger partial charge in [-0.15, -0.1) is 11.3 Å². The Morgan fingerprint density at radius 3 is 2.92 bits per heavy atom. The Balaban J connectivity index is 1.76. The summed E-state index contributed by atoms with van der Waals surface area (Å²) in [5.41, 5.74) is 2.32. The Kier molecular flexibility index (Phi) is 4.66. The molecule has 0 radical (unpaired) electrons. The number of oxazole rings is 1. The van der Waals surface area contributed by atoms with Crippen LogP contribution in [0.5, 0.6) is 0 Å². The average Bonchev–Trinajstić information content (AvgIpc) is 3.00. The zero-order chi connectivity index (χ0) is 18.1. The van der Waals surface area contributed by atoms with E-state index in [2.05, 4.69) is 11.4 Å². The number of hydrogen-bond acceptors (Lipinski definition) is 5. The van der Waals surface area contributed by atoms with Gasteiger partial charge in [0.1, 0.15) is 11.1 Å². The molecule has 0 atom stereocenters. The Bertz CT molecular complexity index is 1070. The van der Waals surface area contributed by atoms with Crippen LogP contribution in [0.2, 0.25) is 5.02 Å². The molecule has 2 heterocycles. The number of nitriles is 1. The summed E-state index contributed by atoms with van der Waals surface area (Å²) in [6.07, 6.45) is 0.0814. The fourth-order valence-electron chi connectivity index (χ4n) is 2.50. The van der Waals surface area contributed by atoms with Crippen LogP contribution in [0.15, 0.2) is 27.4 Å². The van der Waals surface area contributed by atoms with Crippen LogP contribution in [-0.4, -0.2) is 10.5 Å². The third-order valence-electron chi connectivity index (χ3n) is 3.94. The molecular formula is C17H14ClN3O3S. The summed E-state index contributed by atoms with van der Waals surface area (Å²) in [6, 6.07) is 7.01. The molecule has 0 saturated carbocycles. The molecule has 1 aromatic carbocycles. The molecule has 0 bridgehead atoms. The monoisotopic (exact) mass is 375 g/mol. The number of aromatic nitrogens is 1. The van der Waals surface area contributed by atoms with Gasteiger partial charge >= 0.3 is 5.76 Å². The molecule has 6 nitrogen and oxygen atoms in total. The second-order valence-electron chi connectivity index (χ2n) is 5.53. The summed E-state index contributed by atoms with van der Waals surface area (Å²) >= 11 is 7.25. The van der Waals surface area contributed by atoms with E-state index in [1.54, 1.807) is 18.2 Å². The fraction of sp³-hybridized carbons (Fsp3) is 0.235. The van der Waals surface area contributed by atoms with Gasteiger partial charge in [0.25, 0.3) is 0 Å². The van der Waals surface area contributed by atoms with Crippen LogP contribution in [0.25, 0.3) is 11.1 Å². The molecule has 8 heteroatoms. The van der Waals surface area contributed by atoms with Crippen molar-refractivity contribution in [1.82, 2.24) is 4.57 Å². The van der Waals surface area contributed by atoms with E-state index >= 15 is 0 Å².